The van der Waals surface area contributed by atoms with E-state index in [4.69, 9.17) is 10.3 Å². The van der Waals surface area contributed by atoms with Gasteiger partial charge in [-0.15, -0.1) is 0 Å². The summed E-state index contributed by atoms with van der Waals surface area (Å²) in [6.45, 7) is 1.61. The normalized spacial score (nSPS) is 36.2. The maximum absolute atomic E-state index is 8.11. The van der Waals surface area contributed by atoms with Crippen LogP contribution in [0.15, 0.2) is 5.11 Å². The molecule has 0 amide bonds. The van der Waals surface area contributed by atoms with Gasteiger partial charge in [-0.05, 0) is 37.1 Å². The van der Waals surface area contributed by atoms with Crippen molar-refractivity contribution >= 4 is 0 Å². The van der Waals surface area contributed by atoms with E-state index in [-0.39, 0.29) is 5.60 Å². The van der Waals surface area contributed by atoms with E-state index >= 15 is 0 Å². The van der Waals surface area contributed by atoms with Crippen molar-refractivity contribution in [2.75, 3.05) is 13.2 Å². The van der Waals surface area contributed by atoms with Crippen molar-refractivity contribution in [1.29, 1.82) is 0 Å². The van der Waals surface area contributed by atoms with Crippen molar-refractivity contribution in [3.63, 3.8) is 0 Å². The second-order valence-corrected chi connectivity index (χ2v) is 4.04. The van der Waals surface area contributed by atoms with Gasteiger partial charge in [-0.3, -0.25) is 0 Å². The largest absolute Gasteiger partial charge is 0.369 e. The zero-order valence-corrected chi connectivity index (χ0v) is 7.78. The van der Waals surface area contributed by atoms with E-state index in [1.807, 2.05) is 0 Å². The van der Waals surface area contributed by atoms with Crippen molar-refractivity contribution in [1.82, 2.24) is 0 Å². The van der Waals surface area contributed by atoms with Gasteiger partial charge >= 0.3 is 0 Å². The van der Waals surface area contributed by atoms with E-state index in [2.05, 4.69) is 10.0 Å². The number of azide groups is 1. The molecule has 2 rings (SSSR count). The molecule has 4 heteroatoms. The van der Waals surface area contributed by atoms with Gasteiger partial charge in [-0.1, -0.05) is 11.5 Å². The van der Waals surface area contributed by atoms with Gasteiger partial charge in [0.2, 0.25) is 0 Å². The molecular weight excluding hydrogens is 166 g/mol. The summed E-state index contributed by atoms with van der Waals surface area (Å²) in [5.74, 6) is 0.737. The Kier molecular flexibility index (Phi) is 2.42. The van der Waals surface area contributed by atoms with E-state index in [0.717, 1.165) is 18.9 Å². The highest BCUT2D eigenvalue weighted by Gasteiger charge is 2.53. The van der Waals surface area contributed by atoms with Gasteiger partial charge in [0, 0.05) is 11.5 Å². The molecule has 0 N–H and O–H groups in total. The topological polar surface area (TPSA) is 61.3 Å². The van der Waals surface area contributed by atoms with Crippen molar-refractivity contribution in [2.45, 2.75) is 37.7 Å². The molecule has 2 atom stereocenters. The number of hydrogen-bond donors (Lipinski definition) is 0. The second kappa shape index (κ2) is 3.56. The molecule has 2 unspecified atom stereocenters. The average molecular weight is 181 g/mol. The highest BCUT2D eigenvalue weighted by Crippen LogP contribution is 2.49. The number of ether oxygens (including phenoxy) is 1. The molecule has 13 heavy (non-hydrogen) atoms. The van der Waals surface area contributed by atoms with Gasteiger partial charge in [0.1, 0.15) is 0 Å². The summed E-state index contributed by atoms with van der Waals surface area (Å²) in [7, 11) is 0. The molecule has 0 bridgehead atoms. The van der Waals surface area contributed by atoms with Crippen LogP contribution in [0.5, 0.6) is 0 Å². The van der Waals surface area contributed by atoms with Crippen LogP contribution in [0.1, 0.15) is 32.1 Å². The highest BCUT2D eigenvalue weighted by molar-refractivity contribution is 5.02. The lowest BCUT2D eigenvalue weighted by atomic mass is 9.92. The van der Waals surface area contributed by atoms with Gasteiger partial charge in [0.15, 0.2) is 0 Å². The fourth-order valence-corrected chi connectivity index (χ4v) is 2.45. The number of epoxide rings is 1. The molecule has 1 spiro atoms. The fourth-order valence-electron chi connectivity index (χ4n) is 2.45. The van der Waals surface area contributed by atoms with E-state index in [1.165, 1.54) is 25.7 Å². The summed E-state index contributed by atoms with van der Waals surface area (Å²) in [5.41, 5.74) is 8.38. The SMILES string of the molecule is [N-]=[N+]=NCCCC1CCCC12CO2. The van der Waals surface area contributed by atoms with Gasteiger partial charge in [-0.2, -0.15) is 0 Å². The van der Waals surface area contributed by atoms with Crippen molar-refractivity contribution in [3.05, 3.63) is 10.4 Å². The van der Waals surface area contributed by atoms with Crippen LogP contribution in [0.3, 0.4) is 0 Å². The van der Waals surface area contributed by atoms with Crippen molar-refractivity contribution in [2.24, 2.45) is 11.0 Å². The average Bonchev–Trinajstić information content (AvgIpc) is 2.78. The zero-order valence-electron chi connectivity index (χ0n) is 7.78. The second-order valence-electron chi connectivity index (χ2n) is 4.04. The van der Waals surface area contributed by atoms with E-state index in [1.54, 1.807) is 0 Å². The third-order valence-electron chi connectivity index (χ3n) is 3.29. The molecule has 72 valence electrons. The van der Waals surface area contributed by atoms with Crippen LogP contribution in [-0.4, -0.2) is 18.8 Å². The number of hydrogen-bond acceptors (Lipinski definition) is 2. The van der Waals surface area contributed by atoms with Gasteiger partial charge < -0.3 is 4.74 Å². The third-order valence-corrected chi connectivity index (χ3v) is 3.29. The Labute approximate surface area is 77.9 Å². The number of nitrogens with zero attached hydrogens (tertiary/aromatic N) is 3. The van der Waals surface area contributed by atoms with E-state index < -0.39 is 0 Å². The third kappa shape index (κ3) is 1.79. The van der Waals surface area contributed by atoms with Crippen molar-refractivity contribution < 1.29 is 4.74 Å². The first-order valence-corrected chi connectivity index (χ1v) is 5.02. The molecule has 0 radical (unpaired) electrons. The molecule has 1 saturated heterocycles. The Morgan fingerprint density at radius 3 is 3.15 bits per heavy atom. The van der Waals surface area contributed by atoms with Gasteiger partial charge in [-0.25, -0.2) is 0 Å². The summed E-state index contributed by atoms with van der Waals surface area (Å²) >= 11 is 0. The summed E-state index contributed by atoms with van der Waals surface area (Å²) in [6, 6.07) is 0. The minimum absolute atomic E-state index is 0.274. The molecule has 1 saturated carbocycles. The standard InChI is InChI=1S/C9H15N3O/c10-12-11-6-2-4-8-3-1-5-9(8)7-13-9/h8H,1-7H2. The maximum Gasteiger partial charge on any atom is 0.0944 e. The van der Waals surface area contributed by atoms with Crippen LogP contribution in [0.25, 0.3) is 10.4 Å². The summed E-state index contributed by atoms with van der Waals surface area (Å²) < 4.78 is 5.52. The molecule has 1 heterocycles. The Bertz CT molecular complexity index is 231. The lowest BCUT2D eigenvalue weighted by Gasteiger charge is -2.13. The zero-order chi connectivity index (χ0) is 9.15. The first-order valence-electron chi connectivity index (χ1n) is 5.02. The molecule has 0 aromatic heterocycles. The molecule has 1 aliphatic heterocycles. The highest BCUT2D eigenvalue weighted by atomic mass is 16.6. The van der Waals surface area contributed by atoms with Gasteiger partial charge in [0.25, 0.3) is 0 Å². The molecule has 0 aromatic rings. The van der Waals surface area contributed by atoms with Crippen LogP contribution in [0.2, 0.25) is 0 Å². The lowest BCUT2D eigenvalue weighted by molar-refractivity contribution is 0.235. The minimum atomic E-state index is 0.274. The van der Waals surface area contributed by atoms with Crippen LogP contribution < -0.4 is 0 Å². The van der Waals surface area contributed by atoms with Crippen LogP contribution in [-0.2, 0) is 4.74 Å². The first kappa shape index (κ1) is 8.85. The summed E-state index contributed by atoms with van der Waals surface area (Å²) in [6.07, 6.45) is 6.04. The van der Waals surface area contributed by atoms with E-state index in [9.17, 15) is 0 Å². The monoisotopic (exact) mass is 181 g/mol. The maximum atomic E-state index is 8.11. The predicted octanol–water partition coefficient (Wildman–Crippen LogP) is 2.65. The van der Waals surface area contributed by atoms with Crippen LogP contribution in [0.4, 0.5) is 0 Å². The smallest absolute Gasteiger partial charge is 0.0944 e. The molecular formula is C9H15N3O. The Morgan fingerprint density at radius 1 is 1.62 bits per heavy atom. The molecule has 2 fully saturated rings. The number of rotatable bonds is 4. The summed E-state index contributed by atoms with van der Waals surface area (Å²) in [4.78, 5) is 2.75. The van der Waals surface area contributed by atoms with E-state index in [0.29, 0.717) is 6.54 Å². The van der Waals surface area contributed by atoms with Crippen LogP contribution >= 0.6 is 0 Å². The van der Waals surface area contributed by atoms with Crippen LogP contribution in [0, 0.1) is 5.92 Å². The minimum Gasteiger partial charge on any atom is -0.369 e. The van der Waals surface area contributed by atoms with Gasteiger partial charge in [0.05, 0.1) is 12.2 Å². The van der Waals surface area contributed by atoms with Crippen molar-refractivity contribution in [3.8, 4) is 0 Å². The Hall–Kier alpha value is -0.730. The lowest BCUT2D eigenvalue weighted by Crippen LogP contribution is -2.17. The Balaban J connectivity index is 1.72. The predicted molar refractivity (Wildman–Crippen MR) is 49.3 cm³/mol. The Morgan fingerprint density at radius 2 is 2.46 bits per heavy atom. The molecule has 4 nitrogen and oxygen atoms in total. The molecule has 2 aliphatic rings. The molecule has 0 aromatic carbocycles. The quantitative estimate of drug-likeness (QED) is 0.216. The fraction of sp³-hybridized carbons (Fsp3) is 1.00. The molecule has 1 aliphatic carbocycles. The first-order chi connectivity index (χ1) is 6.37. The summed E-state index contributed by atoms with van der Waals surface area (Å²) in [5, 5.41) is 3.54.